The summed E-state index contributed by atoms with van der Waals surface area (Å²) < 4.78 is 11.6. The van der Waals surface area contributed by atoms with Gasteiger partial charge in [-0.1, -0.05) is 28.1 Å². The van der Waals surface area contributed by atoms with Crippen molar-refractivity contribution in [3.05, 3.63) is 67.9 Å². The average molecular weight is 419 g/mol. The summed E-state index contributed by atoms with van der Waals surface area (Å²) in [5.41, 5.74) is 4.18. The molecule has 1 aliphatic rings. The zero-order chi connectivity index (χ0) is 19.4. The number of allylic oxidation sites excluding steroid dienone is 2. The van der Waals surface area contributed by atoms with E-state index in [-0.39, 0.29) is 12.7 Å². The minimum Gasteiger partial charge on any atom is -0.460 e. The second kappa shape index (κ2) is 8.52. The number of esters is 1. The van der Waals surface area contributed by atoms with Crippen LogP contribution < -0.4 is 5.32 Å². The standard InChI is InChI=1S/C20H23BrN2O3/c1-11(2)26-20(24)18-16(10-25-6)23-13(4)19(22-5)17(18)14-8-7-12(3)9-15(14)21/h7-9,11,17,23H,10H2,1-4,6H3. The monoisotopic (exact) mass is 418 g/mol. The molecule has 0 fully saturated rings. The number of aryl methyl sites for hydroxylation is 1. The van der Waals surface area contributed by atoms with Crippen LogP contribution in [-0.2, 0) is 14.3 Å². The van der Waals surface area contributed by atoms with Crippen LogP contribution >= 0.6 is 15.9 Å². The third kappa shape index (κ3) is 4.17. The fraction of sp³-hybridized carbons (Fsp3) is 0.400. The number of ether oxygens (including phenoxy) is 2. The van der Waals surface area contributed by atoms with Crippen molar-refractivity contribution >= 4 is 21.9 Å². The van der Waals surface area contributed by atoms with E-state index in [2.05, 4.69) is 26.1 Å². The molecule has 0 spiro atoms. The number of carbonyl (C=O) groups excluding carboxylic acids is 1. The molecule has 0 saturated carbocycles. The van der Waals surface area contributed by atoms with Crippen LogP contribution in [0.4, 0.5) is 0 Å². The molecule has 1 unspecified atom stereocenters. The summed E-state index contributed by atoms with van der Waals surface area (Å²) in [4.78, 5) is 16.6. The molecule has 1 heterocycles. The zero-order valence-corrected chi connectivity index (χ0v) is 17.2. The number of dihydropyridines is 1. The Bertz CT molecular complexity index is 819. The van der Waals surface area contributed by atoms with Gasteiger partial charge in [-0.3, -0.25) is 0 Å². The molecule has 6 heteroatoms. The van der Waals surface area contributed by atoms with E-state index in [1.54, 1.807) is 21.0 Å². The number of halogens is 1. The molecule has 1 aromatic carbocycles. The Morgan fingerprint density at radius 1 is 1.38 bits per heavy atom. The maximum Gasteiger partial charge on any atom is 0.335 e. The summed E-state index contributed by atoms with van der Waals surface area (Å²) >= 11 is 3.59. The first-order valence-corrected chi connectivity index (χ1v) is 9.13. The maximum absolute atomic E-state index is 12.9. The van der Waals surface area contributed by atoms with Crippen LogP contribution in [0.5, 0.6) is 0 Å². The summed E-state index contributed by atoms with van der Waals surface area (Å²) in [5, 5.41) is 3.16. The average Bonchev–Trinajstić information content (AvgIpc) is 2.54. The highest BCUT2D eigenvalue weighted by Gasteiger charge is 2.37. The smallest absolute Gasteiger partial charge is 0.335 e. The Morgan fingerprint density at radius 2 is 2.08 bits per heavy atom. The van der Waals surface area contributed by atoms with Crippen molar-refractivity contribution in [2.24, 2.45) is 0 Å². The lowest BCUT2D eigenvalue weighted by molar-refractivity contribution is -0.143. The molecule has 26 heavy (non-hydrogen) atoms. The third-order valence-corrected chi connectivity index (χ3v) is 4.74. The first-order valence-electron chi connectivity index (χ1n) is 8.34. The van der Waals surface area contributed by atoms with Gasteiger partial charge >= 0.3 is 5.97 Å². The van der Waals surface area contributed by atoms with E-state index in [1.807, 2.05) is 32.0 Å². The molecule has 0 amide bonds. The third-order valence-electron chi connectivity index (χ3n) is 4.05. The molecule has 0 bridgehead atoms. The van der Waals surface area contributed by atoms with Gasteiger partial charge in [0.05, 0.1) is 36.5 Å². The predicted octanol–water partition coefficient (Wildman–Crippen LogP) is 4.45. The normalized spacial score (nSPS) is 17.2. The second-order valence-electron chi connectivity index (χ2n) is 6.48. The van der Waals surface area contributed by atoms with Gasteiger partial charge in [-0.25, -0.2) is 9.64 Å². The minimum absolute atomic E-state index is 0.227. The van der Waals surface area contributed by atoms with Crippen molar-refractivity contribution in [3.63, 3.8) is 0 Å². The van der Waals surface area contributed by atoms with Gasteiger partial charge in [0.25, 0.3) is 0 Å². The summed E-state index contributed by atoms with van der Waals surface area (Å²) in [5.74, 6) is -0.953. The number of benzene rings is 1. The zero-order valence-electron chi connectivity index (χ0n) is 15.6. The summed E-state index contributed by atoms with van der Waals surface area (Å²) in [6, 6.07) is 5.90. The van der Waals surface area contributed by atoms with Crippen molar-refractivity contribution in [1.29, 1.82) is 0 Å². The molecule has 138 valence electrons. The van der Waals surface area contributed by atoms with Crippen LogP contribution in [-0.4, -0.2) is 25.8 Å². The number of rotatable bonds is 5. The molecule has 0 aliphatic carbocycles. The topological polar surface area (TPSA) is 51.9 Å². The van der Waals surface area contributed by atoms with E-state index in [0.717, 1.165) is 15.6 Å². The molecule has 1 aliphatic heterocycles. The molecule has 1 aromatic rings. The van der Waals surface area contributed by atoms with Crippen LogP contribution in [0, 0.1) is 13.5 Å². The van der Waals surface area contributed by atoms with Crippen LogP contribution in [0.15, 0.2) is 45.3 Å². The maximum atomic E-state index is 12.9. The lowest BCUT2D eigenvalue weighted by atomic mass is 9.83. The van der Waals surface area contributed by atoms with Crippen molar-refractivity contribution in [2.45, 2.75) is 39.7 Å². The highest BCUT2D eigenvalue weighted by atomic mass is 79.9. The second-order valence-corrected chi connectivity index (χ2v) is 7.34. The van der Waals surface area contributed by atoms with Gasteiger partial charge in [-0.2, -0.15) is 0 Å². The van der Waals surface area contributed by atoms with E-state index in [9.17, 15) is 4.79 Å². The van der Waals surface area contributed by atoms with Crippen LogP contribution in [0.1, 0.15) is 37.8 Å². The van der Waals surface area contributed by atoms with E-state index >= 15 is 0 Å². The van der Waals surface area contributed by atoms with E-state index in [4.69, 9.17) is 16.0 Å². The summed E-state index contributed by atoms with van der Waals surface area (Å²) in [6.07, 6.45) is -0.260. The fourth-order valence-electron chi connectivity index (χ4n) is 2.98. The van der Waals surface area contributed by atoms with Gasteiger partial charge in [0.2, 0.25) is 0 Å². The Hall–Kier alpha value is -2.10. The summed E-state index contributed by atoms with van der Waals surface area (Å²) in [6.45, 7) is 15.3. The van der Waals surface area contributed by atoms with Crippen molar-refractivity contribution in [1.82, 2.24) is 5.32 Å². The summed E-state index contributed by atoms with van der Waals surface area (Å²) in [7, 11) is 1.57. The van der Waals surface area contributed by atoms with Crippen LogP contribution in [0.3, 0.4) is 0 Å². The Labute approximate surface area is 163 Å². The number of hydrogen-bond acceptors (Lipinski definition) is 4. The molecule has 0 aromatic heterocycles. The number of hydrogen-bond donors (Lipinski definition) is 1. The van der Waals surface area contributed by atoms with Gasteiger partial charge in [-0.15, -0.1) is 0 Å². The van der Waals surface area contributed by atoms with Crippen LogP contribution in [0.25, 0.3) is 4.85 Å². The van der Waals surface area contributed by atoms with Crippen molar-refractivity contribution in [2.75, 3.05) is 13.7 Å². The van der Waals surface area contributed by atoms with Gasteiger partial charge in [0, 0.05) is 17.3 Å². The lowest BCUT2D eigenvalue weighted by Gasteiger charge is -2.30. The molecule has 1 atom stereocenters. The first-order chi connectivity index (χ1) is 12.3. The molecule has 2 rings (SSSR count). The highest BCUT2D eigenvalue weighted by Crippen LogP contribution is 2.42. The molecule has 1 N–H and O–H groups in total. The van der Waals surface area contributed by atoms with Gasteiger partial charge in [0.1, 0.15) is 0 Å². The van der Waals surface area contributed by atoms with Crippen molar-refractivity contribution < 1.29 is 14.3 Å². The Balaban J connectivity index is 2.70. The highest BCUT2D eigenvalue weighted by molar-refractivity contribution is 9.10. The fourth-order valence-corrected chi connectivity index (χ4v) is 3.70. The predicted molar refractivity (Wildman–Crippen MR) is 104 cm³/mol. The number of carbonyl (C=O) groups is 1. The Kier molecular flexibility index (Phi) is 6.63. The molecule has 0 saturated heterocycles. The lowest BCUT2D eigenvalue weighted by Crippen LogP contribution is -2.32. The van der Waals surface area contributed by atoms with E-state index in [0.29, 0.717) is 22.7 Å². The molecule has 5 nitrogen and oxygen atoms in total. The molecule has 0 radical (unpaired) electrons. The SMILES string of the molecule is [C-]#[N+]C1=C(C)NC(COC)=C(C(=O)OC(C)C)C1c1ccc(C)cc1Br. The van der Waals surface area contributed by atoms with E-state index < -0.39 is 11.9 Å². The molecular weight excluding hydrogens is 396 g/mol. The van der Waals surface area contributed by atoms with Crippen molar-refractivity contribution in [3.8, 4) is 0 Å². The van der Waals surface area contributed by atoms with Gasteiger partial charge < -0.3 is 14.8 Å². The largest absolute Gasteiger partial charge is 0.460 e. The number of nitrogens with zero attached hydrogens (tertiary/aromatic N) is 1. The first kappa shape index (κ1) is 20.2. The molecular formula is C20H23BrN2O3. The number of nitrogens with one attached hydrogen (secondary N) is 1. The van der Waals surface area contributed by atoms with Crippen LogP contribution in [0.2, 0.25) is 0 Å². The quantitative estimate of drug-likeness (QED) is 0.566. The Morgan fingerprint density at radius 3 is 2.62 bits per heavy atom. The van der Waals surface area contributed by atoms with E-state index in [1.165, 1.54) is 0 Å². The minimum atomic E-state index is -0.514. The van der Waals surface area contributed by atoms with Gasteiger partial charge in [0.15, 0.2) is 5.70 Å². The van der Waals surface area contributed by atoms with Gasteiger partial charge in [-0.05, 0) is 44.9 Å². The number of methoxy groups -OCH3 is 1.